The van der Waals surface area contributed by atoms with Gasteiger partial charge in [0.25, 0.3) is 5.91 Å². The highest BCUT2D eigenvalue weighted by Crippen LogP contribution is 2.30. The van der Waals surface area contributed by atoms with Gasteiger partial charge in [0.1, 0.15) is 11.4 Å². The third-order valence-electron chi connectivity index (χ3n) is 8.38. The van der Waals surface area contributed by atoms with Gasteiger partial charge < -0.3 is 33.6 Å². The van der Waals surface area contributed by atoms with Crippen LogP contribution in [0.2, 0.25) is 0 Å². The number of hydrogen-bond donors (Lipinski definition) is 0. The second kappa shape index (κ2) is 16.5. The summed E-state index contributed by atoms with van der Waals surface area (Å²) in [7, 11) is 3.50. The largest absolute Gasteiger partial charge is 0.493 e. The molecule has 0 saturated carbocycles. The van der Waals surface area contributed by atoms with Gasteiger partial charge >= 0.3 is 6.09 Å². The summed E-state index contributed by atoms with van der Waals surface area (Å²) in [5.41, 5.74) is 1.00. The van der Waals surface area contributed by atoms with Crippen molar-refractivity contribution in [1.82, 2.24) is 14.7 Å². The minimum Gasteiger partial charge on any atom is -0.493 e. The van der Waals surface area contributed by atoms with Crippen molar-refractivity contribution in [2.75, 3.05) is 66.8 Å². The van der Waals surface area contributed by atoms with Crippen molar-refractivity contribution >= 4 is 17.9 Å². The number of ether oxygens (including phenoxy) is 4. The van der Waals surface area contributed by atoms with Gasteiger partial charge in [-0.25, -0.2) is 4.79 Å². The smallest absolute Gasteiger partial charge is 0.410 e. The molecule has 2 aliphatic rings. The highest BCUT2D eigenvalue weighted by atomic mass is 16.6. The van der Waals surface area contributed by atoms with E-state index in [0.29, 0.717) is 58.2 Å². The molecule has 248 valence electrons. The molecule has 10 heteroatoms. The van der Waals surface area contributed by atoms with Gasteiger partial charge in [-0.05, 0) is 71.6 Å². The van der Waals surface area contributed by atoms with Crippen molar-refractivity contribution in [3.05, 3.63) is 29.3 Å². The monoisotopic (exact) mass is 617 g/mol. The lowest BCUT2D eigenvalue weighted by molar-refractivity contribution is -0.139. The van der Waals surface area contributed by atoms with Crippen LogP contribution in [0.5, 0.6) is 5.75 Å². The number of amides is 3. The van der Waals surface area contributed by atoms with Crippen molar-refractivity contribution in [3.63, 3.8) is 0 Å². The zero-order valence-corrected chi connectivity index (χ0v) is 28.2. The summed E-state index contributed by atoms with van der Waals surface area (Å²) in [4.78, 5) is 45.8. The Balaban J connectivity index is 1.81. The van der Waals surface area contributed by atoms with Crippen LogP contribution in [0.25, 0.3) is 0 Å². The van der Waals surface area contributed by atoms with E-state index in [1.807, 2.05) is 64.8 Å². The third-order valence-corrected chi connectivity index (χ3v) is 8.38. The molecule has 0 N–H and O–H groups in total. The van der Waals surface area contributed by atoms with E-state index in [4.69, 9.17) is 18.9 Å². The molecule has 1 unspecified atom stereocenters. The second-order valence-corrected chi connectivity index (χ2v) is 13.5. The minimum absolute atomic E-state index is 0.0165. The fourth-order valence-corrected chi connectivity index (χ4v) is 5.96. The number of methoxy groups -OCH3 is 1. The molecule has 2 heterocycles. The molecule has 3 atom stereocenters. The maximum atomic E-state index is 14.0. The lowest BCUT2D eigenvalue weighted by Crippen LogP contribution is -2.45. The van der Waals surface area contributed by atoms with Crippen molar-refractivity contribution in [2.45, 2.75) is 78.9 Å². The van der Waals surface area contributed by atoms with E-state index in [1.54, 1.807) is 16.9 Å². The summed E-state index contributed by atoms with van der Waals surface area (Å²) >= 11 is 0. The highest BCUT2D eigenvalue weighted by Gasteiger charge is 2.40. The van der Waals surface area contributed by atoms with E-state index in [-0.39, 0.29) is 41.7 Å². The van der Waals surface area contributed by atoms with E-state index >= 15 is 0 Å². The van der Waals surface area contributed by atoms with E-state index < -0.39 is 5.60 Å². The van der Waals surface area contributed by atoms with Gasteiger partial charge in [-0.2, -0.15) is 0 Å². The van der Waals surface area contributed by atoms with Crippen molar-refractivity contribution < 1.29 is 33.3 Å². The van der Waals surface area contributed by atoms with Crippen LogP contribution in [0.1, 0.15) is 76.7 Å². The predicted octanol–water partition coefficient (Wildman–Crippen LogP) is 4.88. The fourth-order valence-electron chi connectivity index (χ4n) is 5.96. The van der Waals surface area contributed by atoms with Crippen molar-refractivity contribution in [2.24, 2.45) is 17.8 Å². The van der Waals surface area contributed by atoms with Gasteiger partial charge in [-0.1, -0.05) is 13.0 Å². The van der Waals surface area contributed by atoms with Gasteiger partial charge in [0.05, 0.1) is 19.1 Å². The Kier molecular flexibility index (Phi) is 13.3. The average molecular weight is 618 g/mol. The van der Waals surface area contributed by atoms with E-state index in [2.05, 4.69) is 6.92 Å². The number of benzene rings is 1. The number of likely N-dealkylation sites (tertiary alicyclic amines) is 1. The van der Waals surface area contributed by atoms with E-state index in [0.717, 1.165) is 37.0 Å². The molecular weight excluding hydrogens is 562 g/mol. The van der Waals surface area contributed by atoms with Crippen molar-refractivity contribution in [1.29, 1.82) is 0 Å². The van der Waals surface area contributed by atoms with Crippen LogP contribution in [-0.4, -0.2) is 111 Å². The Morgan fingerprint density at radius 2 is 1.80 bits per heavy atom. The molecular formula is C34H55N3O7. The quantitative estimate of drug-likeness (QED) is 0.291. The number of carbonyl (C=O) groups excluding carboxylic acids is 3. The first kappa shape index (κ1) is 35.6. The van der Waals surface area contributed by atoms with Crippen LogP contribution in [0, 0.1) is 17.8 Å². The maximum absolute atomic E-state index is 14.0. The predicted molar refractivity (Wildman–Crippen MR) is 170 cm³/mol. The van der Waals surface area contributed by atoms with Gasteiger partial charge in [0, 0.05) is 83.4 Å². The molecule has 1 aromatic carbocycles. The maximum Gasteiger partial charge on any atom is 0.410 e. The molecule has 0 aliphatic carbocycles. The first-order valence-corrected chi connectivity index (χ1v) is 16.2. The highest BCUT2D eigenvalue weighted by molar-refractivity contribution is 5.95. The topological polar surface area (TPSA) is 97.9 Å². The first-order valence-electron chi connectivity index (χ1n) is 16.2. The number of nitrogens with zero attached hydrogens (tertiary/aromatic N) is 3. The summed E-state index contributed by atoms with van der Waals surface area (Å²) in [5, 5.41) is 0. The minimum atomic E-state index is -0.619. The van der Waals surface area contributed by atoms with Crippen LogP contribution in [0.15, 0.2) is 18.2 Å². The lowest BCUT2D eigenvalue weighted by atomic mass is 9.93. The number of aryl methyl sites for hydroxylation is 1. The molecule has 2 fully saturated rings. The Bertz CT molecular complexity index is 1100. The number of hydrogen-bond acceptors (Lipinski definition) is 7. The molecule has 0 radical (unpaired) electrons. The van der Waals surface area contributed by atoms with Crippen molar-refractivity contribution in [3.8, 4) is 5.75 Å². The lowest BCUT2D eigenvalue weighted by Gasteiger charge is -2.33. The van der Waals surface area contributed by atoms with Crippen LogP contribution >= 0.6 is 0 Å². The summed E-state index contributed by atoms with van der Waals surface area (Å²) in [5.74, 6) is 0.525. The molecule has 2 saturated heterocycles. The molecule has 0 aromatic heterocycles. The summed E-state index contributed by atoms with van der Waals surface area (Å²) in [6.07, 6.45) is 2.90. The molecule has 2 aliphatic heterocycles. The molecule has 0 spiro atoms. The Morgan fingerprint density at radius 3 is 2.39 bits per heavy atom. The molecule has 0 bridgehead atoms. The Morgan fingerprint density at radius 1 is 1.09 bits per heavy atom. The number of carbonyl (C=O) groups is 3. The fraction of sp³-hybridized carbons (Fsp3) is 0.735. The second-order valence-electron chi connectivity index (χ2n) is 13.5. The van der Waals surface area contributed by atoms with Crippen LogP contribution in [0.4, 0.5) is 4.79 Å². The third kappa shape index (κ3) is 10.1. The van der Waals surface area contributed by atoms with E-state index in [1.165, 1.54) is 0 Å². The summed E-state index contributed by atoms with van der Waals surface area (Å²) < 4.78 is 22.5. The standard InChI is InChI=1S/C34H55N3O7/c1-9-25-13-14-26(18-30(25)43-17-11-15-41-8)32(39)37(24(2)3)22-29-21-36(33(40)44-34(4,5)6)20-28(29)19-35(7)31(38)27-12-10-16-42-23-27/h13-14,18,24,27-29H,9-12,15-17,19-23H2,1-8H3/t27?,28-,29+/m1/s1. The molecule has 1 aromatic rings. The van der Waals surface area contributed by atoms with Gasteiger partial charge in [0.15, 0.2) is 0 Å². The summed E-state index contributed by atoms with van der Waals surface area (Å²) in [6.45, 7) is 15.8. The Labute approximate surface area is 264 Å². The first-order chi connectivity index (χ1) is 20.8. The van der Waals surface area contributed by atoms with Crippen LogP contribution in [0.3, 0.4) is 0 Å². The van der Waals surface area contributed by atoms with Crippen LogP contribution < -0.4 is 4.74 Å². The van der Waals surface area contributed by atoms with Gasteiger partial charge in [-0.15, -0.1) is 0 Å². The summed E-state index contributed by atoms with van der Waals surface area (Å²) in [6, 6.07) is 5.61. The molecule has 10 nitrogen and oxygen atoms in total. The Hall–Kier alpha value is -2.85. The number of rotatable bonds is 13. The van der Waals surface area contributed by atoms with E-state index in [9.17, 15) is 14.4 Å². The average Bonchev–Trinajstić information content (AvgIpc) is 3.39. The van der Waals surface area contributed by atoms with Crippen LogP contribution in [-0.2, 0) is 25.4 Å². The molecule has 44 heavy (non-hydrogen) atoms. The molecule has 3 amide bonds. The zero-order chi connectivity index (χ0) is 32.4. The SMILES string of the molecule is CCc1ccc(C(=O)N(C[C@@H]2CN(C(=O)OC(C)(C)C)C[C@H]2CN(C)C(=O)C2CCCOC2)C(C)C)cc1OCCCOC. The molecule has 3 rings (SSSR count). The van der Waals surface area contributed by atoms with Gasteiger partial charge in [-0.3, -0.25) is 9.59 Å². The zero-order valence-electron chi connectivity index (χ0n) is 28.2. The van der Waals surface area contributed by atoms with Gasteiger partial charge in [0.2, 0.25) is 5.91 Å². The normalized spacial score (nSPS) is 20.5.